The number of methoxy groups -OCH3 is 1. The molecule has 2 aliphatic rings. The minimum Gasteiger partial charge on any atom is -0.508 e. The number of phenolic OH excluding ortho intramolecular Hbond substituents is 1. The molecule has 0 bridgehead atoms. The van der Waals surface area contributed by atoms with E-state index in [1.54, 1.807) is 25.3 Å². The largest absolute Gasteiger partial charge is 0.508 e. The molecule has 2 aromatic rings. The fourth-order valence-electron chi connectivity index (χ4n) is 2.70. The maximum absolute atomic E-state index is 12.4. The van der Waals surface area contributed by atoms with E-state index in [4.69, 9.17) is 18.9 Å². The van der Waals surface area contributed by atoms with Crippen LogP contribution >= 0.6 is 0 Å². The first-order valence-corrected chi connectivity index (χ1v) is 7.40. The predicted octanol–water partition coefficient (Wildman–Crippen LogP) is 2.79. The Morgan fingerprint density at radius 3 is 2.79 bits per heavy atom. The quantitative estimate of drug-likeness (QED) is 0.856. The predicted molar refractivity (Wildman–Crippen MR) is 85.0 cm³/mol. The van der Waals surface area contributed by atoms with E-state index in [-0.39, 0.29) is 17.3 Å². The zero-order valence-corrected chi connectivity index (χ0v) is 12.9. The van der Waals surface area contributed by atoms with E-state index in [0.717, 1.165) is 0 Å². The van der Waals surface area contributed by atoms with Gasteiger partial charge in [0.15, 0.2) is 17.3 Å². The lowest BCUT2D eigenvalue weighted by molar-refractivity contribution is 0.101. The third-order valence-corrected chi connectivity index (χ3v) is 3.80. The number of hydrogen-bond acceptors (Lipinski definition) is 6. The van der Waals surface area contributed by atoms with E-state index in [2.05, 4.69) is 0 Å². The molecule has 0 spiro atoms. The topological polar surface area (TPSA) is 74.2 Å². The van der Waals surface area contributed by atoms with Gasteiger partial charge in [-0.05, 0) is 35.9 Å². The van der Waals surface area contributed by atoms with Gasteiger partial charge in [0.1, 0.15) is 24.7 Å². The molecule has 0 radical (unpaired) electrons. The molecule has 0 aromatic heterocycles. The van der Waals surface area contributed by atoms with E-state index in [0.29, 0.717) is 47.3 Å². The number of ketones is 1. The second-order valence-electron chi connectivity index (χ2n) is 5.37. The monoisotopic (exact) mass is 326 g/mol. The highest BCUT2D eigenvalue weighted by molar-refractivity contribution is 6.14. The van der Waals surface area contributed by atoms with Crippen LogP contribution in [0.4, 0.5) is 0 Å². The maximum atomic E-state index is 12.4. The van der Waals surface area contributed by atoms with E-state index in [9.17, 15) is 9.90 Å². The van der Waals surface area contributed by atoms with Crippen molar-refractivity contribution < 1.29 is 28.8 Å². The molecule has 0 unspecified atom stereocenters. The zero-order valence-electron chi connectivity index (χ0n) is 12.9. The molecule has 0 fully saturated rings. The van der Waals surface area contributed by atoms with Crippen LogP contribution in [0.15, 0.2) is 36.1 Å². The van der Waals surface area contributed by atoms with Gasteiger partial charge in [-0.3, -0.25) is 4.79 Å². The van der Waals surface area contributed by atoms with Gasteiger partial charge in [-0.1, -0.05) is 0 Å². The van der Waals surface area contributed by atoms with Crippen molar-refractivity contribution in [1.82, 2.24) is 0 Å². The number of rotatable bonds is 2. The van der Waals surface area contributed by atoms with Crippen LogP contribution in [-0.4, -0.2) is 31.2 Å². The van der Waals surface area contributed by atoms with Gasteiger partial charge in [0.2, 0.25) is 11.5 Å². The van der Waals surface area contributed by atoms with Crippen molar-refractivity contribution in [2.45, 2.75) is 0 Å². The number of Topliss-reactive ketones (excluding diaryl/α,β-unsaturated/α-hetero) is 1. The molecule has 0 saturated heterocycles. The van der Waals surface area contributed by atoms with Gasteiger partial charge in [-0.15, -0.1) is 0 Å². The number of benzene rings is 2. The average Bonchev–Trinajstić information content (AvgIpc) is 2.89. The summed E-state index contributed by atoms with van der Waals surface area (Å²) in [5, 5.41) is 9.50. The Labute approximate surface area is 137 Å². The number of hydrogen-bond donors (Lipinski definition) is 1. The number of carbonyl (C=O) groups is 1. The third-order valence-electron chi connectivity index (χ3n) is 3.80. The fourth-order valence-corrected chi connectivity index (χ4v) is 2.70. The summed E-state index contributed by atoms with van der Waals surface area (Å²) in [5.41, 5.74) is 1.11. The van der Waals surface area contributed by atoms with Gasteiger partial charge in [0.05, 0.1) is 12.7 Å². The summed E-state index contributed by atoms with van der Waals surface area (Å²) in [7, 11) is 1.54. The Balaban J connectivity index is 1.73. The van der Waals surface area contributed by atoms with Crippen LogP contribution in [0.2, 0.25) is 0 Å². The summed E-state index contributed by atoms with van der Waals surface area (Å²) in [6.07, 6.45) is 1.61. The molecule has 0 atom stereocenters. The lowest BCUT2D eigenvalue weighted by Crippen LogP contribution is -2.16. The summed E-state index contributed by atoms with van der Waals surface area (Å²) < 4.78 is 22.0. The Bertz CT molecular complexity index is 851. The van der Waals surface area contributed by atoms with Crippen molar-refractivity contribution in [3.05, 3.63) is 47.2 Å². The first kappa shape index (κ1) is 14.4. The highest BCUT2D eigenvalue weighted by atomic mass is 16.6. The van der Waals surface area contributed by atoms with Crippen LogP contribution in [0.5, 0.6) is 28.7 Å². The van der Waals surface area contributed by atoms with Gasteiger partial charge >= 0.3 is 0 Å². The number of allylic oxidation sites excluding steroid dienone is 1. The normalized spacial score (nSPS) is 16.7. The molecular weight excluding hydrogens is 312 g/mol. The standard InChI is InChI=1S/C18H14O6/c1-21-15-7-10(8-16-18(15)23-5-4-22-16)6-14-17(20)12-3-2-11(19)9-13(12)24-14/h2-3,6-9,19H,4-5H2,1H3. The van der Waals surface area contributed by atoms with Crippen LogP contribution in [0, 0.1) is 0 Å². The molecule has 6 heteroatoms. The summed E-state index contributed by atoms with van der Waals surface area (Å²) in [4.78, 5) is 12.4. The van der Waals surface area contributed by atoms with Gasteiger partial charge in [-0.25, -0.2) is 0 Å². The average molecular weight is 326 g/mol. The number of fused-ring (bicyclic) bond motifs is 2. The second-order valence-corrected chi connectivity index (χ2v) is 5.37. The van der Waals surface area contributed by atoms with Crippen LogP contribution < -0.4 is 18.9 Å². The molecular formula is C18H14O6. The van der Waals surface area contributed by atoms with Crippen LogP contribution in [0.1, 0.15) is 15.9 Å². The SMILES string of the molecule is COc1cc(C=C2Oc3cc(O)ccc3C2=O)cc2c1OCCO2. The van der Waals surface area contributed by atoms with E-state index in [1.807, 2.05) is 0 Å². The molecule has 4 rings (SSSR count). The molecule has 2 heterocycles. The minimum absolute atomic E-state index is 0.0452. The Hall–Kier alpha value is -3.15. The van der Waals surface area contributed by atoms with Crippen molar-refractivity contribution >= 4 is 11.9 Å². The number of phenols is 1. The second kappa shape index (κ2) is 5.49. The number of carbonyl (C=O) groups excluding carboxylic acids is 1. The summed E-state index contributed by atoms with van der Waals surface area (Å²) in [6, 6.07) is 7.92. The Kier molecular flexibility index (Phi) is 3.30. The van der Waals surface area contributed by atoms with Crippen molar-refractivity contribution in [2.24, 2.45) is 0 Å². The van der Waals surface area contributed by atoms with Crippen LogP contribution in [0.25, 0.3) is 6.08 Å². The van der Waals surface area contributed by atoms with Gasteiger partial charge in [0, 0.05) is 6.07 Å². The van der Waals surface area contributed by atoms with E-state index in [1.165, 1.54) is 18.2 Å². The maximum Gasteiger partial charge on any atom is 0.231 e. The van der Waals surface area contributed by atoms with E-state index < -0.39 is 0 Å². The third kappa shape index (κ3) is 2.32. The Morgan fingerprint density at radius 2 is 1.96 bits per heavy atom. The van der Waals surface area contributed by atoms with Gasteiger partial charge in [-0.2, -0.15) is 0 Å². The highest BCUT2D eigenvalue weighted by Gasteiger charge is 2.28. The molecule has 24 heavy (non-hydrogen) atoms. The van der Waals surface area contributed by atoms with Crippen molar-refractivity contribution in [3.8, 4) is 28.7 Å². The number of aromatic hydroxyl groups is 1. The van der Waals surface area contributed by atoms with Crippen molar-refractivity contribution in [2.75, 3.05) is 20.3 Å². The van der Waals surface area contributed by atoms with Crippen LogP contribution in [-0.2, 0) is 0 Å². The first-order chi connectivity index (χ1) is 11.7. The summed E-state index contributed by atoms with van der Waals surface area (Å²) >= 11 is 0. The molecule has 2 aliphatic heterocycles. The first-order valence-electron chi connectivity index (χ1n) is 7.40. The summed E-state index contributed by atoms with van der Waals surface area (Å²) in [6.45, 7) is 0.917. The zero-order chi connectivity index (χ0) is 16.7. The lowest BCUT2D eigenvalue weighted by atomic mass is 10.1. The lowest BCUT2D eigenvalue weighted by Gasteiger charge is -2.21. The van der Waals surface area contributed by atoms with Crippen LogP contribution in [0.3, 0.4) is 0 Å². The molecule has 1 N–H and O–H groups in total. The highest BCUT2D eigenvalue weighted by Crippen LogP contribution is 2.41. The van der Waals surface area contributed by atoms with Crippen molar-refractivity contribution in [3.63, 3.8) is 0 Å². The molecule has 6 nitrogen and oxygen atoms in total. The molecule has 2 aromatic carbocycles. The molecule has 122 valence electrons. The smallest absolute Gasteiger partial charge is 0.231 e. The van der Waals surface area contributed by atoms with E-state index >= 15 is 0 Å². The number of ether oxygens (including phenoxy) is 4. The molecule has 0 amide bonds. The Morgan fingerprint density at radius 1 is 1.12 bits per heavy atom. The fraction of sp³-hybridized carbons (Fsp3) is 0.167. The molecule has 0 saturated carbocycles. The van der Waals surface area contributed by atoms with Crippen molar-refractivity contribution in [1.29, 1.82) is 0 Å². The van der Waals surface area contributed by atoms with Gasteiger partial charge < -0.3 is 24.1 Å². The molecule has 0 aliphatic carbocycles. The summed E-state index contributed by atoms with van der Waals surface area (Å²) in [5.74, 6) is 1.97. The minimum atomic E-state index is -0.237. The van der Waals surface area contributed by atoms with Gasteiger partial charge in [0.25, 0.3) is 0 Å².